The number of nitrogens with one attached hydrogen (secondary N) is 1. The SMILES string of the molecule is CCNC(=NCCCN1CCC(O)CC1)N1CCC(C(=O)OCC)CC1. The number of carbonyl (C=O) groups is 1. The van der Waals surface area contributed by atoms with Crippen LogP contribution in [-0.2, 0) is 9.53 Å². The zero-order valence-corrected chi connectivity index (χ0v) is 16.5. The number of aliphatic imine (C=N–C) groups is 1. The van der Waals surface area contributed by atoms with Crippen molar-refractivity contribution in [2.24, 2.45) is 10.9 Å². The molecule has 2 N–H and O–H groups in total. The third kappa shape index (κ3) is 6.76. The molecule has 7 heteroatoms. The fraction of sp³-hybridized carbons (Fsp3) is 0.895. The van der Waals surface area contributed by atoms with Gasteiger partial charge >= 0.3 is 5.97 Å². The number of nitrogens with zero attached hydrogens (tertiary/aromatic N) is 3. The lowest BCUT2D eigenvalue weighted by Gasteiger charge is -2.33. The number of likely N-dealkylation sites (tertiary alicyclic amines) is 2. The van der Waals surface area contributed by atoms with Crippen LogP contribution in [0.2, 0.25) is 0 Å². The van der Waals surface area contributed by atoms with Crippen LogP contribution < -0.4 is 5.32 Å². The van der Waals surface area contributed by atoms with E-state index in [9.17, 15) is 9.90 Å². The zero-order chi connectivity index (χ0) is 18.8. The lowest BCUT2D eigenvalue weighted by atomic mass is 9.97. The molecule has 0 aromatic carbocycles. The predicted octanol–water partition coefficient (Wildman–Crippen LogP) is 1.07. The fourth-order valence-electron chi connectivity index (χ4n) is 3.64. The van der Waals surface area contributed by atoms with Gasteiger partial charge in [0.25, 0.3) is 0 Å². The monoisotopic (exact) mass is 368 g/mol. The Morgan fingerprint density at radius 3 is 2.46 bits per heavy atom. The van der Waals surface area contributed by atoms with Gasteiger partial charge in [-0.25, -0.2) is 0 Å². The molecule has 2 fully saturated rings. The summed E-state index contributed by atoms with van der Waals surface area (Å²) in [4.78, 5) is 21.3. The largest absolute Gasteiger partial charge is 0.466 e. The molecule has 0 amide bonds. The van der Waals surface area contributed by atoms with Crippen molar-refractivity contribution in [3.8, 4) is 0 Å². The van der Waals surface area contributed by atoms with E-state index in [0.29, 0.717) is 6.61 Å². The molecule has 0 saturated carbocycles. The van der Waals surface area contributed by atoms with Crippen LogP contribution in [0.5, 0.6) is 0 Å². The summed E-state index contributed by atoms with van der Waals surface area (Å²) in [7, 11) is 0. The maximum absolute atomic E-state index is 11.9. The van der Waals surface area contributed by atoms with Gasteiger partial charge in [-0.15, -0.1) is 0 Å². The van der Waals surface area contributed by atoms with Crippen LogP contribution in [0.1, 0.15) is 46.0 Å². The Kier molecular flexibility index (Phi) is 9.18. The molecule has 7 nitrogen and oxygen atoms in total. The summed E-state index contributed by atoms with van der Waals surface area (Å²) in [6.07, 6.45) is 4.37. The predicted molar refractivity (Wildman–Crippen MR) is 103 cm³/mol. The number of esters is 1. The van der Waals surface area contributed by atoms with Crippen molar-refractivity contribution in [2.75, 3.05) is 52.4 Å². The Balaban J connectivity index is 1.73. The van der Waals surface area contributed by atoms with Crippen LogP contribution in [0.15, 0.2) is 4.99 Å². The van der Waals surface area contributed by atoms with E-state index in [2.05, 4.69) is 22.0 Å². The molecule has 0 spiro atoms. The normalized spacial score (nSPS) is 21.0. The van der Waals surface area contributed by atoms with Gasteiger partial charge in [0.05, 0.1) is 18.6 Å². The highest BCUT2D eigenvalue weighted by Gasteiger charge is 2.27. The smallest absolute Gasteiger partial charge is 0.309 e. The zero-order valence-electron chi connectivity index (χ0n) is 16.5. The highest BCUT2D eigenvalue weighted by Crippen LogP contribution is 2.19. The number of guanidine groups is 1. The van der Waals surface area contributed by atoms with Crippen LogP contribution in [-0.4, -0.2) is 85.4 Å². The van der Waals surface area contributed by atoms with Gasteiger partial charge in [-0.05, 0) is 52.5 Å². The summed E-state index contributed by atoms with van der Waals surface area (Å²) < 4.78 is 5.14. The molecule has 2 saturated heterocycles. The van der Waals surface area contributed by atoms with E-state index < -0.39 is 0 Å². The van der Waals surface area contributed by atoms with Gasteiger partial charge in [-0.1, -0.05) is 0 Å². The maximum Gasteiger partial charge on any atom is 0.309 e. The van der Waals surface area contributed by atoms with Crippen LogP contribution in [0, 0.1) is 5.92 Å². The third-order valence-corrected chi connectivity index (χ3v) is 5.20. The van der Waals surface area contributed by atoms with Crippen molar-refractivity contribution in [1.29, 1.82) is 0 Å². The van der Waals surface area contributed by atoms with Gasteiger partial charge in [-0.3, -0.25) is 9.79 Å². The number of ether oxygens (including phenoxy) is 1. The molecule has 2 aliphatic heterocycles. The van der Waals surface area contributed by atoms with E-state index in [1.807, 2.05) is 6.92 Å². The molecule has 2 heterocycles. The Morgan fingerprint density at radius 1 is 1.15 bits per heavy atom. The fourth-order valence-corrected chi connectivity index (χ4v) is 3.64. The van der Waals surface area contributed by atoms with Crippen LogP contribution in [0.3, 0.4) is 0 Å². The summed E-state index contributed by atoms with van der Waals surface area (Å²) in [6, 6.07) is 0. The Bertz CT molecular complexity index is 442. The van der Waals surface area contributed by atoms with E-state index in [4.69, 9.17) is 9.73 Å². The van der Waals surface area contributed by atoms with Gasteiger partial charge in [0.2, 0.25) is 0 Å². The number of aliphatic hydroxyl groups is 1. The first kappa shape index (κ1) is 21.0. The van der Waals surface area contributed by atoms with E-state index in [0.717, 1.165) is 83.9 Å². The van der Waals surface area contributed by atoms with E-state index in [-0.39, 0.29) is 18.0 Å². The van der Waals surface area contributed by atoms with Crippen molar-refractivity contribution in [3.05, 3.63) is 0 Å². The first-order chi connectivity index (χ1) is 12.6. The summed E-state index contributed by atoms with van der Waals surface area (Å²) in [5.74, 6) is 0.938. The standard InChI is InChI=1S/C19H36N4O3/c1-3-20-19(21-10-5-11-22-12-8-17(24)9-13-22)23-14-6-16(7-15-23)18(25)26-4-2/h16-17,24H,3-15H2,1-2H3,(H,20,21). The van der Waals surface area contributed by atoms with Gasteiger partial charge < -0.3 is 25.0 Å². The summed E-state index contributed by atoms with van der Waals surface area (Å²) >= 11 is 0. The molecule has 0 bridgehead atoms. The number of carbonyl (C=O) groups excluding carboxylic acids is 1. The minimum atomic E-state index is -0.109. The highest BCUT2D eigenvalue weighted by molar-refractivity contribution is 5.80. The number of hydrogen-bond donors (Lipinski definition) is 2. The maximum atomic E-state index is 11.9. The lowest BCUT2D eigenvalue weighted by Crippen LogP contribution is -2.46. The summed E-state index contributed by atoms with van der Waals surface area (Å²) in [5, 5.41) is 12.9. The van der Waals surface area contributed by atoms with Crippen molar-refractivity contribution in [2.45, 2.75) is 52.1 Å². The molecule has 0 aromatic heterocycles. The first-order valence-corrected chi connectivity index (χ1v) is 10.2. The van der Waals surface area contributed by atoms with E-state index >= 15 is 0 Å². The number of aliphatic hydroxyl groups excluding tert-OH is 1. The molecular formula is C19H36N4O3. The lowest BCUT2D eigenvalue weighted by molar-refractivity contribution is -0.149. The minimum Gasteiger partial charge on any atom is -0.466 e. The molecular weight excluding hydrogens is 332 g/mol. The Labute approximate surface area is 157 Å². The average molecular weight is 369 g/mol. The molecule has 0 aromatic rings. The van der Waals surface area contributed by atoms with Crippen molar-refractivity contribution >= 4 is 11.9 Å². The van der Waals surface area contributed by atoms with Gasteiger partial charge in [0.1, 0.15) is 0 Å². The molecule has 0 radical (unpaired) electrons. The summed E-state index contributed by atoms with van der Waals surface area (Å²) in [6.45, 7) is 10.8. The average Bonchev–Trinajstić information content (AvgIpc) is 2.66. The van der Waals surface area contributed by atoms with Gasteiger partial charge in [0.15, 0.2) is 5.96 Å². The van der Waals surface area contributed by atoms with Crippen molar-refractivity contribution < 1.29 is 14.6 Å². The first-order valence-electron chi connectivity index (χ1n) is 10.2. The van der Waals surface area contributed by atoms with Crippen LogP contribution >= 0.6 is 0 Å². The second-order valence-corrected chi connectivity index (χ2v) is 7.18. The number of rotatable bonds is 7. The summed E-state index contributed by atoms with van der Waals surface area (Å²) in [5.41, 5.74) is 0. The number of hydrogen-bond acceptors (Lipinski definition) is 5. The minimum absolute atomic E-state index is 0.0310. The molecule has 2 rings (SSSR count). The molecule has 26 heavy (non-hydrogen) atoms. The third-order valence-electron chi connectivity index (χ3n) is 5.20. The van der Waals surface area contributed by atoms with Crippen molar-refractivity contribution in [1.82, 2.24) is 15.1 Å². The topological polar surface area (TPSA) is 77.4 Å². The van der Waals surface area contributed by atoms with Crippen LogP contribution in [0.4, 0.5) is 0 Å². The highest BCUT2D eigenvalue weighted by atomic mass is 16.5. The van der Waals surface area contributed by atoms with Gasteiger partial charge in [0, 0.05) is 39.3 Å². The Morgan fingerprint density at radius 2 is 1.85 bits per heavy atom. The van der Waals surface area contributed by atoms with Crippen molar-refractivity contribution in [3.63, 3.8) is 0 Å². The number of piperidine rings is 2. The Hall–Kier alpha value is -1.34. The second-order valence-electron chi connectivity index (χ2n) is 7.18. The van der Waals surface area contributed by atoms with E-state index in [1.165, 1.54) is 0 Å². The molecule has 0 aliphatic carbocycles. The molecule has 0 atom stereocenters. The second kappa shape index (κ2) is 11.4. The molecule has 0 unspecified atom stereocenters. The van der Waals surface area contributed by atoms with Crippen LogP contribution in [0.25, 0.3) is 0 Å². The molecule has 2 aliphatic rings. The molecule has 150 valence electrons. The van der Waals surface area contributed by atoms with E-state index in [1.54, 1.807) is 0 Å². The van der Waals surface area contributed by atoms with Gasteiger partial charge in [-0.2, -0.15) is 0 Å². The quantitative estimate of drug-likeness (QED) is 0.303.